The third-order valence-corrected chi connectivity index (χ3v) is 3.80. The van der Waals surface area contributed by atoms with Crippen LogP contribution in [0.15, 0.2) is 4.52 Å². The van der Waals surface area contributed by atoms with E-state index in [1.54, 1.807) is 0 Å². The standard InChI is InChI=1S/C14H23N3O2/c1-2-8-18-12-4-3-7-17(9-12)10-13-15-14(19-16-13)11-5-6-11/h11-12H,2-10H2,1H3. The summed E-state index contributed by atoms with van der Waals surface area (Å²) in [4.78, 5) is 6.87. The van der Waals surface area contributed by atoms with Crippen LogP contribution in [0, 0.1) is 0 Å². The van der Waals surface area contributed by atoms with E-state index in [4.69, 9.17) is 9.26 Å². The van der Waals surface area contributed by atoms with Gasteiger partial charge in [0.15, 0.2) is 5.82 Å². The Morgan fingerprint density at radius 3 is 3.05 bits per heavy atom. The minimum atomic E-state index is 0.378. The van der Waals surface area contributed by atoms with Crippen LogP contribution in [-0.4, -0.2) is 40.8 Å². The van der Waals surface area contributed by atoms with Crippen LogP contribution in [0.4, 0.5) is 0 Å². The van der Waals surface area contributed by atoms with Crippen molar-refractivity contribution in [2.45, 2.75) is 57.6 Å². The van der Waals surface area contributed by atoms with E-state index < -0.39 is 0 Å². The van der Waals surface area contributed by atoms with E-state index in [0.29, 0.717) is 12.0 Å². The number of aromatic nitrogens is 2. The largest absolute Gasteiger partial charge is 0.377 e. The van der Waals surface area contributed by atoms with Gasteiger partial charge in [-0.1, -0.05) is 12.1 Å². The molecule has 0 aromatic carbocycles. The Morgan fingerprint density at radius 1 is 1.37 bits per heavy atom. The second-order valence-corrected chi connectivity index (χ2v) is 5.69. The van der Waals surface area contributed by atoms with Gasteiger partial charge in [-0.15, -0.1) is 0 Å². The van der Waals surface area contributed by atoms with E-state index in [9.17, 15) is 0 Å². The molecule has 2 aliphatic rings. The lowest BCUT2D eigenvalue weighted by molar-refractivity contribution is -0.00299. The molecule has 2 heterocycles. The fraction of sp³-hybridized carbons (Fsp3) is 0.857. The van der Waals surface area contributed by atoms with E-state index in [0.717, 1.165) is 44.4 Å². The molecule has 1 aromatic heterocycles. The second-order valence-electron chi connectivity index (χ2n) is 5.69. The molecule has 1 unspecified atom stereocenters. The van der Waals surface area contributed by atoms with Gasteiger partial charge in [0, 0.05) is 19.1 Å². The molecule has 1 aliphatic carbocycles. The van der Waals surface area contributed by atoms with Crippen LogP contribution < -0.4 is 0 Å². The number of hydrogen-bond acceptors (Lipinski definition) is 5. The average molecular weight is 265 g/mol. The maximum absolute atomic E-state index is 5.85. The molecule has 0 bridgehead atoms. The molecule has 19 heavy (non-hydrogen) atoms. The molecule has 0 radical (unpaired) electrons. The van der Waals surface area contributed by atoms with Crippen molar-refractivity contribution in [1.29, 1.82) is 0 Å². The van der Waals surface area contributed by atoms with Gasteiger partial charge in [-0.05, 0) is 38.6 Å². The Labute approximate surface area is 114 Å². The van der Waals surface area contributed by atoms with Crippen molar-refractivity contribution < 1.29 is 9.26 Å². The molecule has 0 amide bonds. The number of hydrogen-bond donors (Lipinski definition) is 0. The van der Waals surface area contributed by atoms with E-state index >= 15 is 0 Å². The maximum Gasteiger partial charge on any atom is 0.229 e. The Hall–Kier alpha value is -0.940. The SMILES string of the molecule is CCCOC1CCCN(Cc2noc(C3CC3)n2)C1. The highest BCUT2D eigenvalue weighted by atomic mass is 16.5. The molecule has 0 N–H and O–H groups in total. The van der Waals surface area contributed by atoms with Gasteiger partial charge in [-0.25, -0.2) is 0 Å². The Kier molecular flexibility index (Phi) is 4.13. The summed E-state index contributed by atoms with van der Waals surface area (Å²) in [5.74, 6) is 2.21. The number of piperidine rings is 1. The molecule has 1 saturated heterocycles. The molecule has 0 spiro atoms. The summed E-state index contributed by atoms with van der Waals surface area (Å²) < 4.78 is 11.2. The summed E-state index contributed by atoms with van der Waals surface area (Å²) in [7, 11) is 0. The van der Waals surface area contributed by atoms with Crippen molar-refractivity contribution in [3.05, 3.63) is 11.7 Å². The van der Waals surface area contributed by atoms with E-state index in [-0.39, 0.29) is 0 Å². The van der Waals surface area contributed by atoms with Gasteiger partial charge < -0.3 is 9.26 Å². The van der Waals surface area contributed by atoms with Gasteiger partial charge in [0.25, 0.3) is 0 Å². The zero-order chi connectivity index (χ0) is 13.1. The Morgan fingerprint density at radius 2 is 2.26 bits per heavy atom. The first-order valence-corrected chi connectivity index (χ1v) is 7.51. The lowest BCUT2D eigenvalue weighted by Gasteiger charge is -2.31. The predicted octanol–water partition coefficient (Wildman–Crippen LogP) is 2.34. The monoisotopic (exact) mass is 265 g/mol. The third kappa shape index (κ3) is 3.54. The summed E-state index contributed by atoms with van der Waals surface area (Å²) in [6.07, 6.45) is 6.25. The van der Waals surface area contributed by atoms with Crippen LogP contribution in [0.3, 0.4) is 0 Å². The highest BCUT2D eigenvalue weighted by Gasteiger charge is 2.30. The average Bonchev–Trinajstić information content (AvgIpc) is 3.18. The molecule has 1 aromatic rings. The molecule has 1 aliphatic heterocycles. The number of nitrogens with zero attached hydrogens (tertiary/aromatic N) is 3. The lowest BCUT2D eigenvalue weighted by atomic mass is 10.1. The summed E-state index contributed by atoms with van der Waals surface area (Å²) in [6, 6.07) is 0. The van der Waals surface area contributed by atoms with Gasteiger partial charge in [0.1, 0.15) is 0 Å². The Balaban J connectivity index is 1.50. The topological polar surface area (TPSA) is 51.4 Å². The van der Waals surface area contributed by atoms with Crippen molar-refractivity contribution in [2.75, 3.05) is 19.7 Å². The van der Waals surface area contributed by atoms with Crippen molar-refractivity contribution >= 4 is 0 Å². The molecule has 2 fully saturated rings. The van der Waals surface area contributed by atoms with Gasteiger partial charge >= 0.3 is 0 Å². The highest BCUT2D eigenvalue weighted by molar-refractivity contribution is 5.01. The van der Waals surface area contributed by atoms with E-state index in [1.165, 1.54) is 25.7 Å². The number of ether oxygens (including phenoxy) is 1. The zero-order valence-electron chi connectivity index (χ0n) is 11.7. The first-order chi connectivity index (χ1) is 9.35. The van der Waals surface area contributed by atoms with Crippen molar-refractivity contribution in [2.24, 2.45) is 0 Å². The lowest BCUT2D eigenvalue weighted by Crippen LogP contribution is -2.39. The highest BCUT2D eigenvalue weighted by Crippen LogP contribution is 2.38. The minimum absolute atomic E-state index is 0.378. The van der Waals surface area contributed by atoms with Crippen molar-refractivity contribution in [3.63, 3.8) is 0 Å². The third-order valence-electron chi connectivity index (χ3n) is 3.80. The fourth-order valence-electron chi connectivity index (χ4n) is 2.61. The van der Waals surface area contributed by atoms with Gasteiger partial charge in [0.2, 0.25) is 5.89 Å². The van der Waals surface area contributed by atoms with Crippen LogP contribution in [0.5, 0.6) is 0 Å². The quantitative estimate of drug-likeness (QED) is 0.790. The molecule has 3 rings (SSSR count). The first kappa shape index (κ1) is 13.1. The number of likely N-dealkylation sites (tertiary alicyclic amines) is 1. The van der Waals surface area contributed by atoms with E-state index in [1.807, 2.05) is 0 Å². The zero-order valence-corrected chi connectivity index (χ0v) is 11.7. The summed E-state index contributed by atoms with van der Waals surface area (Å²) in [5, 5.41) is 4.09. The Bertz CT molecular complexity index is 403. The van der Waals surface area contributed by atoms with Gasteiger partial charge in [0.05, 0.1) is 12.6 Å². The van der Waals surface area contributed by atoms with Crippen LogP contribution in [0.2, 0.25) is 0 Å². The number of rotatable bonds is 6. The predicted molar refractivity (Wildman–Crippen MR) is 70.8 cm³/mol. The maximum atomic E-state index is 5.85. The molecule has 1 saturated carbocycles. The normalized spacial score (nSPS) is 24.8. The van der Waals surface area contributed by atoms with E-state index in [2.05, 4.69) is 22.0 Å². The first-order valence-electron chi connectivity index (χ1n) is 7.51. The summed E-state index contributed by atoms with van der Waals surface area (Å²) in [6.45, 7) is 5.92. The van der Waals surface area contributed by atoms with Gasteiger partial charge in [-0.2, -0.15) is 4.98 Å². The molecular formula is C14H23N3O2. The summed E-state index contributed by atoms with van der Waals surface area (Å²) >= 11 is 0. The summed E-state index contributed by atoms with van der Waals surface area (Å²) in [5.41, 5.74) is 0. The van der Waals surface area contributed by atoms with Crippen LogP contribution in [-0.2, 0) is 11.3 Å². The molecular weight excluding hydrogens is 242 g/mol. The van der Waals surface area contributed by atoms with Gasteiger partial charge in [-0.3, -0.25) is 4.90 Å². The van der Waals surface area contributed by atoms with Crippen molar-refractivity contribution in [3.8, 4) is 0 Å². The van der Waals surface area contributed by atoms with Crippen LogP contribution in [0.25, 0.3) is 0 Å². The van der Waals surface area contributed by atoms with Crippen LogP contribution in [0.1, 0.15) is 56.7 Å². The molecule has 1 atom stereocenters. The molecule has 5 heteroatoms. The molecule has 106 valence electrons. The van der Waals surface area contributed by atoms with Crippen LogP contribution >= 0.6 is 0 Å². The van der Waals surface area contributed by atoms with Crippen molar-refractivity contribution in [1.82, 2.24) is 15.0 Å². The second kappa shape index (κ2) is 6.01. The molecule has 5 nitrogen and oxygen atoms in total. The smallest absolute Gasteiger partial charge is 0.229 e. The minimum Gasteiger partial charge on any atom is -0.377 e. The fourth-order valence-corrected chi connectivity index (χ4v) is 2.61.